The molecule has 38 heavy (non-hydrogen) atoms. The molecule has 5 rings (SSSR count). The van der Waals surface area contributed by atoms with Gasteiger partial charge in [0.1, 0.15) is 0 Å². The van der Waals surface area contributed by atoms with Crippen molar-refractivity contribution in [1.29, 1.82) is 0 Å². The molecule has 1 unspecified atom stereocenters. The van der Waals surface area contributed by atoms with Gasteiger partial charge in [-0.25, -0.2) is 0 Å². The molecule has 0 aliphatic carbocycles. The number of hydrogen-bond acceptors (Lipinski definition) is 4. The summed E-state index contributed by atoms with van der Waals surface area (Å²) in [6.07, 6.45) is 1.46. The highest BCUT2D eigenvalue weighted by atomic mass is 16.1. The first-order valence-electron chi connectivity index (χ1n) is 13.3. The summed E-state index contributed by atoms with van der Waals surface area (Å²) >= 11 is 0. The lowest BCUT2D eigenvalue weighted by Gasteiger charge is -2.25. The van der Waals surface area contributed by atoms with Crippen LogP contribution in [0.5, 0.6) is 0 Å². The average molecular weight is 504 g/mol. The van der Waals surface area contributed by atoms with Gasteiger partial charge in [0, 0.05) is 42.4 Å². The number of hydrogen-bond donors (Lipinski definition) is 3. The number of fused-ring (bicyclic) bond motifs is 1. The molecule has 3 N–H and O–H groups in total. The van der Waals surface area contributed by atoms with Crippen LogP contribution in [-0.2, 0) is 6.42 Å². The number of rotatable bonds is 11. The second-order valence-corrected chi connectivity index (χ2v) is 9.61. The van der Waals surface area contributed by atoms with Gasteiger partial charge in [-0.2, -0.15) is 0 Å². The molecule has 0 fully saturated rings. The van der Waals surface area contributed by atoms with E-state index in [4.69, 9.17) is 0 Å². The van der Waals surface area contributed by atoms with E-state index >= 15 is 0 Å². The summed E-state index contributed by atoms with van der Waals surface area (Å²) in [6, 6.07) is 35.5. The molecule has 1 aliphatic heterocycles. The Morgan fingerprint density at radius 3 is 2.03 bits per heavy atom. The monoisotopic (exact) mass is 503 g/mol. The van der Waals surface area contributed by atoms with Crippen LogP contribution < -0.4 is 16.0 Å². The van der Waals surface area contributed by atoms with Crippen molar-refractivity contribution in [1.82, 2.24) is 10.6 Å². The predicted molar refractivity (Wildman–Crippen MR) is 153 cm³/mol. The van der Waals surface area contributed by atoms with E-state index in [1.165, 1.54) is 11.1 Å². The van der Waals surface area contributed by atoms with Crippen molar-refractivity contribution in [3.8, 4) is 0 Å². The second-order valence-electron chi connectivity index (χ2n) is 9.61. The zero-order chi connectivity index (χ0) is 26.2. The lowest BCUT2D eigenvalue weighted by atomic mass is 9.84. The summed E-state index contributed by atoms with van der Waals surface area (Å²) in [4.78, 5) is 26.6. The minimum atomic E-state index is -0.412. The molecule has 1 amide bonds. The Labute approximate surface area is 224 Å². The van der Waals surface area contributed by atoms with E-state index < -0.39 is 6.04 Å². The Balaban J connectivity index is 1.31. The van der Waals surface area contributed by atoms with Gasteiger partial charge in [0.25, 0.3) is 5.91 Å². The quantitative estimate of drug-likeness (QED) is 0.188. The summed E-state index contributed by atoms with van der Waals surface area (Å²) in [6.45, 7) is 1.77. The van der Waals surface area contributed by atoms with Crippen molar-refractivity contribution in [2.24, 2.45) is 0 Å². The molecular weight excluding hydrogens is 470 g/mol. The van der Waals surface area contributed by atoms with Gasteiger partial charge in [0.05, 0.1) is 6.04 Å². The average Bonchev–Trinajstić information content (AvgIpc) is 3.47. The van der Waals surface area contributed by atoms with E-state index in [0.29, 0.717) is 25.1 Å². The molecule has 1 atom stereocenters. The Morgan fingerprint density at radius 2 is 1.37 bits per heavy atom. The molecule has 0 saturated carbocycles. The van der Waals surface area contributed by atoms with Gasteiger partial charge in [-0.3, -0.25) is 9.59 Å². The Kier molecular flexibility index (Phi) is 8.26. The van der Waals surface area contributed by atoms with Crippen LogP contribution in [0.25, 0.3) is 0 Å². The SMILES string of the molecule is O=C(NCCNC(CC(c1ccccc1)c1ccccc1)C(=O)c1ccccc1)c1cccc2c1CCN2. The summed E-state index contributed by atoms with van der Waals surface area (Å²) in [7, 11) is 0. The molecule has 0 saturated heterocycles. The fourth-order valence-electron chi connectivity index (χ4n) is 5.23. The number of Topliss-reactive ketones (excluding diaryl/α,β-unsaturated/α-hetero) is 1. The van der Waals surface area contributed by atoms with Gasteiger partial charge in [-0.05, 0) is 41.7 Å². The van der Waals surface area contributed by atoms with Gasteiger partial charge >= 0.3 is 0 Å². The summed E-state index contributed by atoms with van der Waals surface area (Å²) in [5.74, 6) is 0.0297. The van der Waals surface area contributed by atoms with Crippen LogP contribution in [0.4, 0.5) is 5.69 Å². The molecule has 0 bridgehead atoms. The number of benzene rings is 4. The third kappa shape index (κ3) is 6.01. The molecule has 1 aliphatic rings. The van der Waals surface area contributed by atoms with Gasteiger partial charge in [-0.1, -0.05) is 97.1 Å². The molecule has 5 nitrogen and oxygen atoms in total. The highest BCUT2D eigenvalue weighted by Crippen LogP contribution is 2.30. The first-order chi connectivity index (χ1) is 18.7. The first-order valence-corrected chi connectivity index (χ1v) is 13.3. The number of ketones is 1. The van der Waals surface area contributed by atoms with E-state index in [9.17, 15) is 9.59 Å². The highest BCUT2D eigenvalue weighted by molar-refractivity contribution is 6.00. The van der Waals surface area contributed by atoms with E-state index in [1.54, 1.807) is 0 Å². The normalized spacial score (nSPS) is 13.0. The van der Waals surface area contributed by atoms with Crippen molar-refractivity contribution in [2.45, 2.75) is 24.8 Å². The van der Waals surface area contributed by atoms with Gasteiger partial charge < -0.3 is 16.0 Å². The Morgan fingerprint density at radius 1 is 0.737 bits per heavy atom. The molecule has 0 radical (unpaired) electrons. The summed E-state index contributed by atoms with van der Waals surface area (Å²) in [5, 5.41) is 9.83. The molecule has 0 aromatic heterocycles. The number of carbonyl (C=O) groups is 2. The van der Waals surface area contributed by atoms with Crippen LogP contribution >= 0.6 is 0 Å². The predicted octanol–water partition coefficient (Wildman–Crippen LogP) is 5.45. The van der Waals surface area contributed by atoms with Crippen LogP contribution in [0.1, 0.15) is 49.7 Å². The maximum Gasteiger partial charge on any atom is 0.251 e. The van der Waals surface area contributed by atoms with E-state index in [1.807, 2.05) is 84.9 Å². The number of nitrogens with one attached hydrogen (secondary N) is 3. The van der Waals surface area contributed by atoms with Crippen LogP contribution in [-0.4, -0.2) is 37.4 Å². The number of carbonyl (C=O) groups excluding carboxylic acids is 2. The largest absolute Gasteiger partial charge is 0.384 e. The molecule has 4 aromatic rings. The van der Waals surface area contributed by atoms with E-state index in [2.05, 4.69) is 40.2 Å². The van der Waals surface area contributed by atoms with Crippen LogP contribution in [0.15, 0.2) is 109 Å². The Hall–Kier alpha value is -4.22. The third-order valence-corrected chi connectivity index (χ3v) is 7.16. The van der Waals surface area contributed by atoms with E-state index in [-0.39, 0.29) is 17.6 Å². The van der Waals surface area contributed by atoms with Crippen molar-refractivity contribution in [3.05, 3.63) is 137 Å². The van der Waals surface area contributed by atoms with Crippen LogP contribution in [0, 0.1) is 0 Å². The molecule has 192 valence electrons. The summed E-state index contributed by atoms with van der Waals surface area (Å²) in [5.41, 5.74) is 5.86. The van der Waals surface area contributed by atoms with Crippen molar-refractivity contribution in [2.75, 3.05) is 25.0 Å². The lowest BCUT2D eigenvalue weighted by Crippen LogP contribution is -2.42. The minimum Gasteiger partial charge on any atom is -0.384 e. The van der Waals surface area contributed by atoms with Gasteiger partial charge in [0.15, 0.2) is 5.78 Å². The zero-order valence-electron chi connectivity index (χ0n) is 21.4. The lowest BCUT2D eigenvalue weighted by molar-refractivity contribution is 0.0934. The maximum absolute atomic E-state index is 13.7. The van der Waals surface area contributed by atoms with Crippen LogP contribution in [0.2, 0.25) is 0 Å². The van der Waals surface area contributed by atoms with Crippen molar-refractivity contribution >= 4 is 17.4 Å². The molecule has 5 heteroatoms. The first kappa shape index (κ1) is 25.4. The third-order valence-electron chi connectivity index (χ3n) is 7.16. The molecule has 1 heterocycles. The fourth-order valence-corrected chi connectivity index (χ4v) is 5.23. The molecule has 0 spiro atoms. The Bertz CT molecular complexity index is 1320. The van der Waals surface area contributed by atoms with Crippen LogP contribution in [0.3, 0.4) is 0 Å². The molecule has 4 aromatic carbocycles. The van der Waals surface area contributed by atoms with Gasteiger partial charge in [0.2, 0.25) is 0 Å². The smallest absolute Gasteiger partial charge is 0.251 e. The topological polar surface area (TPSA) is 70.2 Å². The molecular formula is C33H33N3O2. The zero-order valence-corrected chi connectivity index (χ0v) is 21.4. The minimum absolute atomic E-state index is 0.0524. The van der Waals surface area contributed by atoms with Gasteiger partial charge in [-0.15, -0.1) is 0 Å². The van der Waals surface area contributed by atoms with Crippen molar-refractivity contribution in [3.63, 3.8) is 0 Å². The van der Waals surface area contributed by atoms with E-state index in [0.717, 1.165) is 29.8 Å². The maximum atomic E-state index is 13.7. The number of anilines is 1. The number of amides is 1. The fraction of sp³-hybridized carbons (Fsp3) is 0.212. The second kappa shape index (κ2) is 12.3. The highest BCUT2D eigenvalue weighted by Gasteiger charge is 2.26. The van der Waals surface area contributed by atoms with Crippen molar-refractivity contribution < 1.29 is 9.59 Å². The standard InChI is InChI=1S/C33H33N3O2/c37-32(26-15-8-3-9-16-26)31(23-29(24-11-4-1-5-12-24)25-13-6-2-7-14-25)35-21-22-36-33(38)28-17-10-18-30-27(28)19-20-34-30/h1-18,29,31,34-35H,19-23H2,(H,36,38). The summed E-state index contributed by atoms with van der Waals surface area (Å²) < 4.78 is 0.